The van der Waals surface area contributed by atoms with E-state index in [1.165, 1.54) is 19.3 Å². The molecule has 0 amide bonds. The van der Waals surface area contributed by atoms with Gasteiger partial charge in [0, 0.05) is 25.4 Å². The Morgan fingerprint density at radius 2 is 2.42 bits per heavy atom. The van der Waals surface area contributed by atoms with Gasteiger partial charge < -0.3 is 10.6 Å². The third-order valence-electron chi connectivity index (χ3n) is 3.50. The van der Waals surface area contributed by atoms with E-state index in [1.807, 2.05) is 18.8 Å². The maximum Gasteiger partial charge on any atom is 0.191 e. The molecule has 1 heterocycles. The lowest BCUT2D eigenvalue weighted by Gasteiger charge is -2.17. The summed E-state index contributed by atoms with van der Waals surface area (Å²) in [6, 6.07) is 0.531. The van der Waals surface area contributed by atoms with Crippen molar-refractivity contribution in [2.45, 2.75) is 37.1 Å². The van der Waals surface area contributed by atoms with Crippen LogP contribution in [0, 0.1) is 0 Å². The summed E-state index contributed by atoms with van der Waals surface area (Å²) in [4.78, 5) is 8.44. The van der Waals surface area contributed by atoms with Crippen molar-refractivity contribution in [1.82, 2.24) is 25.4 Å². The first-order valence-electron chi connectivity index (χ1n) is 6.55. The van der Waals surface area contributed by atoms with Crippen LogP contribution < -0.4 is 10.6 Å². The van der Waals surface area contributed by atoms with E-state index in [2.05, 4.69) is 32.0 Å². The van der Waals surface area contributed by atoms with Gasteiger partial charge in [-0.3, -0.25) is 9.67 Å². The van der Waals surface area contributed by atoms with Crippen molar-refractivity contribution >= 4 is 17.7 Å². The first kappa shape index (κ1) is 14.2. The van der Waals surface area contributed by atoms with E-state index in [0.717, 1.165) is 17.0 Å². The number of guanidine groups is 1. The van der Waals surface area contributed by atoms with Crippen LogP contribution in [0.5, 0.6) is 0 Å². The maximum atomic E-state index is 4.26. The Kier molecular flexibility index (Phi) is 5.07. The number of rotatable bonds is 4. The minimum absolute atomic E-state index is 0.531. The van der Waals surface area contributed by atoms with Gasteiger partial charge in [0.2, 0.25) is 0 Å². The van der Waals surface area contributed by atoms with E-state index in [-0.39, 0.29) is 0 Å². The Balaban J connectivity index is 1.80. The Bertz CT molecular complexity index is 430. The quantitative estimate of drug-likeness (QED) is 0.630. The van der Waals surface area contributed by atoms with E-state index in [4.69, 9.17) is 0 Å². The number of thioether (sulfide) groups is 1. The summed E-state index contributed by atoms with van der Waals surface area (Å²) >= 11 is 1.96. The van der Waals surface area contributed by atoms with Crippen LogP contribution in [0.2, 0.25) is 0 Å². The predicted octanol–water partition coefficient (Wildman–Crippen LogP) is 0.764. The van der Waals surface area contributed by atoms with Crippen molar-refractivity contribution < 1.29 is 0 Å². The van der Waals surface area contributed by atoms with Crippen LogP contribution in [0.15, 0.2) is 11.3 Å². The van der Waals surface area contributed by atoms with Gasteiger partial charge in [0.1, 0.15) is 12.2 Å². The van der Waals surface area contributed by atoms with Crippen LogP contribution in [-0.2, 0) is 13.6 Å². The molecule has 2 atom stereocenters. The molecule has 0 bridgehead atoms. The molecular weight excluding hydrogens is 260 g/mol. The fraction of sp³-hybridized carbons (Fsp3) is 0.750. The highest BCUT2D eigenvalue weighted by atomic mass is 32.2. The van der Waals surface area contributed by atoms with Gasteiger partial charge in [-0.15, -0.1) is 0 Å². The molecule has 6 nitrogen and oxygen atoms in total. The molecular formula is C12H22N6S. The van der Waals surface area contributed by atoms with Crippen LogP contribution in [0.4, 0.5) is 0 Å². The van der Waals surface area contributed by atoms with Crippen LogP contribution in [0.25, 0.3) is 0 Å². The second-order valence-corrected chi connectivity index (χ2v) is 5.88. The minimum atomic E-state index is 0.531. The SMILES string of the molecule is CN=C(NCc1ncnn1C)NC1CCC(SC)C1. The Morgan fingerprint density at radius 3 is 3.00 bits per heavy atom. The van der Waals surface area contributed by atoms with Gasteiger partial charge in [-0.2, -0.15) is 16.9 Å². The molecule has 1 aliphatic rings. The highest BCUT2D eigenvalue weighted by Crippen LogP contribution is 2.27. The lowest BCUT2D eigenvalue weighted by atomic mass is 10.2. The molecule has 1 aromatic rings. The highest BCUT2D eigenvalue weighted by Gasteiger charge is 2.24. The third-order valence-corrected chi connectivity index (χ3v) is 4.60. The second-order valence-electron chi connectivity index (χ2n) is 4.74. The molecule has 19 heavy (non-hydrogen) atoms. The monoisotopic (exact) mass is 282 g/mol. The number of hydrogen-bond acceptors (Lipinski definition) is 4. The van der Waals surface area contributed by atoms with Crippen LogP contribution in [0.3, 0.4) is 0 Å². The molecule has 0 aliphatic heterocycles. The average molecular weight is 282 g/mol. The number of nitrogens with zero attached hydrogens (tertiary/aromatic N) is 4. The molecule has 7 heteroatoms. The molecule has 1 saturated carbocycles. The number of aliphatic imine (C=N–C) groups is 1. The number of nitrogens with one attached hydrogen (secondary N) is 2. The zero-order valence-electron chi connectivity index (χ0n) is 11.8. The molecule has 0 spiro atoms. The summed E-state index contributed by atoms with van der Waals surface area (Å²) in [7, 11) is 3.69. The summed E-state index contributed by atoms with van der Waals surface area (Å²) in [5.74, 6) is 1.74. The zero-order chi connectivity index (χ0) is 13.7. The van der Waals surface area contributed by atoms with E-state index in [1.54, 1.807) is 18.1 Å². The van der Waals surface area contributed by atoms with E-state index < -0.39 is 0 Å². The van der Waals surface area contributed by atoms with Crippen molar-refractivity contribution in [2.24, 2.45) is 12.0 Å². The van der Waals surface area contributed by atoms with Crippen molar-refractivity contribution in [1.29, 1.82) is 0 Å². The number of aromatic nitrogens is 3. The summed E-state index contributed by atoms with van der Waals surface area (Å²) in [5, 5.41) is 11.6. The van der Waals surface area contributed by atoms with Gasteiger partial charge in [0.05, 0.1) is 6.54 Å². The van der Waals surface area contributed by atoms with Gasteiger partial charge >= 0.3 is 0 Å². The lowest BCUT2D eigenvalue weighted by molar-refractivity contribution is 0.606. The number of hydrogen-bond donors (Lipinski definition) is 2. The predicted molar refractivity (Wildman–Crippen MR) is 79.3 cm³/mol. The van der Waals surface area contributed by atoms with Crippen LogP contribution in [0.1, 0.15) is 25.1 Å². The van der Waals surface area contributed by atoms with Gasteiger partial charge in [0.25, 0.3) is 0 Å². The highest BCUT2D eigenvalue weighted by molar-refractivity contribution is 7.99. The summed E-state index contributed by atoms with van der Waals surface area (Å²) in [5.41, 5.74) is 0. The van der Waals surface area contributed by atoms with Gasteiger partial charge in [-0.25, -0.2) is 4.98 Å². The topological polar surface area (TPSA) is 67.1 Å². The van der Waals surface area contributed by atoms with Crippen LogP contribution >= 0.6 is 11.8 Å². The van der Waals surface area contributed by atoms with Gasteiger partial charge in [-0.1, -0.05) is 0 Å². The first-order chi connectivity index (χ1) is 9.22. The van der Waals surface area contributed by atoms with Crippen molar-refractivity contribution in [3.63, 3.8) is 0 Å². The summed E-state index contributed by atoms with van der Waals surface area (Å²) < 4.78 is 1.76. The largest absolute Gasteiger partial charge is 0.354 e. The molecule has 2 N–H and O–H groups in total. The first-order valence-corrected chi connectivity index (χ1v) is 7.84. The fourth-order valence-electron chi connectivity index (χ4n) is 2.32. The van der Waals surface area contributed by atoms with Gasteiger partial charge in [0.15, 0.2) is 5.96 Å². The fourth-order valence-corrected chi connectivity index (χ4v) is 3.11. The molecule has 0 aromatic carbocycles. The molecule has 0 saturated heterocycles. The molecule has 2 unspecified atom stereocenters. The number of aryl methyl sites for hydroxylation is 1. The molecule has 2 rings (SSSR count). The van der Waals surface area contributed by atoms with E-state index >= 15 is 0 Å². The standard InChI is InChI=1S/C12H22N6S/c1-13-12(14-7-11-15-8-16-18(11)2)17-9-4-5-10(6-9)19-3/h8-10H,4-7H2,1-3H3,(H2,13,14,17). The smallest absolute Gasteiger partial charge is 0.191 e. The summed E-state index contributed by atoms with van der Waals surface area (Å²) in [6.07, 6.45) is 7.47. The molecule has 1 aromatic heterocycles. The Hall–Kier alpha value is -1.24. The zero-order valence-corrected chi connectivity index (χ0v) is 12.6. The van der Waals surface area contributed by atoms with Crippen LogP contribution in [-0.4, -0.2) is 45.3 Å². The second kappa shape index (κ2) is 6.79. The van der Waals surface area contributed by atoms with Gasteiger partial charge in [-0.05, 0) is 25.5 Å². The van der Waals surface area contributed by atoms with E-state index in [9.17, 15) is 0 Å². The van der Waals surface area contributed by atoms with Crippen molar-refractivity contribution in [2.75, 3.05) is 13.3 Å². The summed E-state index contributed by atoms with van der Waals surface area (Å²) in [6.45, 7) is 0.634. The molecule has 106 valence electrons. The van der Waals surface area contributed by atoms with E-state index in [0.29, 0.717) is 12.6 Å². The average Bonchev–Trinajstić information content (AvgIpc) is 3.03. The minimum Gasteiger partial charge on any atom is -0.354 e. The molecule has 0 radical (unpaired) electrons. The van der Waals surface area contributed by atoms with Crippen molar-refractivity contribution in [3.8, 4) is 0 Å². The molecule has 1 fully saturated rings. The molecule has 1 aliphatic carbocycles. The van der Waals surface area contributed by atoms with Crippen molar-refractivity contribution in [3.05, 3.63) is 12.2 Å². The normalized spacial score (nSPS) is 23.6. The lowest BCUT2D eigenvalue weighted by Crippen LogP contribution is -2.42. The maximum absolute atomic E-state index is 4.26. The Labute approximate surface area is 118 Å². The Morgan fingerprint density at radius 1 is 1.58 bits per heavy atom. The third kappa shape index (κ3) is 3.86.